The van der Waals surface area contributed by atoms with Crippen molar-refractivity contribution in [3.63, 3.8) is 0 Å². The van der Waals surface area contributed by atoms with E-state index in [0.717, 1.165) is 6.42 Å². The molecule has 0 aromatic carbocycles. The maximum absolute atomic E-state index is 11.4. The lowest BCUT2D eigenvalue weighted by molar-refractivity contribution is 0.331. The van der Waals surface area contributed by atoms with E-state index < -0.39 is 10.0 Å². The van der Waals surface area contributed by atoms with E-state index in [1.54, 1.807) is 0 Å². The van der Waals surface area contributed by atoms with E-state index in [-0.39, 0.29) is 5.75 Å². The molecule has 1 atom stereocenters. The van der Waals surface area contributed by atoms with Gasteiger partial charge in [-0.25, -0.2) is 12.7 Å². The molecule has 1 unspecified atom stereocenters. The minimum absolute atomic E-state index is 0.286. The van der Waals surface area contributed by atoms with Gasteiger partial charge in [0, 0.05) is 19.6 Å². The lowest BCUT2D eigenvalue weighted by atomic mass is 10.1. The Balaban J connectivity index is 2.66. The standard InChI is InChI=1S/C7H16N2O2S/c1-7-2-5-12(10,11)9(6-7)4-3-8/h7H,2-6,8H2,1H3. The summed E-state index contributed by atoms with van der Waals surface area (Å²) in [5.41, 5.74) is 5.32. The van der Waals surface area contributed by atoms with Crippen LogP contribution in [0.1, 0.15) is 13.3 Å². The van der Waals surface area contributed by atoms with Gasteiger partial charge >= 0.3 is 0 Å². The van der Waals surface area contributed by atoms with Crippen molar-refractivity contribution in [3.8, 4) is 0 Å². The predicted octanol–water partition coefficient (Wildman–Crippen LogP) is -0.383. The molecule has 12 heavy (non-hydrogen) atoms. The molecule has 1 saturated heterocycles. The molecule has 0 aromatic heterocycles. The average Bonchev–Trinajstić information content (AvgIpc) is 1.98. The molecule has 5 heteroatoms. The van der Waals surface area contributed by atoms with Gasteiger partial charge in [-0.1, -0.05) is 6.92 Å². The van der Waals surface area contributed by atoms with Crippen LogP contribution in [-0.2, 0) is 10.0 Å². The van der Waals surface area contributed by atoms with E-state index in [1.807, 2.05) is 0 Å². The van der Waals surface area contributed by atoms with Crippen LogP contribution in [0.15, 0.2) is 0 Å². The molecule has 1 aliphatic rings. The number of nitrogens with zero attached hydrogens (tertiary/aromatic N) is 1. The van der Waals surface area contributed by atoms with Gasteiger partial charge in [-0.2, -0.15) is 0 Å². The zero-order chi connectivity index (χ0) is 9.19. The van der Waals surface area contributed by atoms with Crippen LogP contribution in [0.3, 0.4) is 0 Å². The molecule has 1 aliphatic heterocycles. The molecular weight excluding hydrogens is 176 g/mol. The van der Waals surface area contributed by atoms with E-state index in [0.29, 0.717) is 25.6 Å². The van der Waals surface area contributed by atoms with E-state index in [2.05, 4.69) is 6.92 Å². The molecule has 2 N–H and O–H groups in total. The predicted molar refractivity (Wildman–Crippen MR) is 48.2 cm³/mol. The molecule has 0 bridgehead atoms. The molecule has 0 aromatic rings. The van der Waals surface area contributed by atoms with Gasteiger partial charge in [0.15, 0.2) is 0 Å². The first-order chi connectivity index (χ1) is 5.56. The average molecular weight is 192 g/mol. The second kappa shape index (κ2) is 3.72. The van der Waals surface area contributed by atoms with Crippen molar-refractivity contribution in [2.24, 2.45) is 11.7 Å². The molecule has 0 radical (unpaired) electrons. The monoisotopic (exact) mass is 192 g/mol. The summed E-state index contributed by atoms with van der Waals surface area (Å²) in [5.74, 6) is 0.758. The Morgan fingerprint density at radius 3 is 2.83 bits per heavy atom. The van der Waals surface area contributed by atoms with Gasteiger partial charge in [0.25, 0.3) is 0 Å². The third kappa shape index (κ3) is 2.18. The van der Waals surface area contributed by atoms with Crippen LogP contribution in [0.2, 0.25) is 0 Å². The maximum Gasteiger partial charge on any atom is 0.214 e. The van der Waals surface area contributed by atoms with Crippen LogP contribution in [0, 0.1) is 5.92 Å². The number of hydrogen-bond donors (Lipinski definition) is 1. The third-order valence-electron chi connectivity index (χ3n) is 2.16. The summed E-state index contributed by atoms with van der Waals surface area (Å²) in [4.78, 5) is 0. The number of hydrogen-bond acceptors (Lipinski definition) is 3. The van der Waals surface area contributed by atoms with E-state index in [1.165, 1.54) is 4.31 Å². The number of rotatable bonds is 2. The molecule has 1 heterocycles. The van der Waals surface area contributed by atoms with Crippen LogP contribution in [-0.4, -0.2) is 38.1 Å². The smallest absolute Gasteiger partial charge is 0.214 e. The van der Waals surface area contributed by atoms with E-state index >= 15 is 0 Å². The molecule has 1 fully saturated rings. The number of nitrogens with two attached hydrogens (primary N) is 1. The molecular formula is C7H16N2O2S. The Kier molecular flexibility index (Phi) is 3.09. The highest BCUT2D eigenvalue weighted by Gasteiger charge is 2.28. The second-order valence-electron chi connectivity index (χ2n) is 3.36. The largest absolute Gasteiger partial charge is 0.329 e. The van der Waals surface area contributed by atoms with Crippen molar-refractivity contribution in [1.82, 2.24) is 4.31 Å². The van der Waals surface area contributed by atoms with Gasteiger partial charge in [-0.05, 0) is 12.3 Å². The Bertz CT molecular complexity index is 238. The summed E-state index contributed by atoms with van der Waals surface area (Å²) in [6.45, 7) is 3.58. The fourth-order valence-electron chi connectivity index (χ4n) is 1.41. The topological polar surface area (TPSA) is 63.4 Å². The highest BCUT2D eigenvalue weighted by Crippen LogP contribution is 2.17. The number of sulfonamides is 1. The zero-order valence-corrected chi connectivity index (χ0v) is 8.18. The first-order valence-electron chi connectivity index (χ1n) is 4.24. The first-order valence-corrected chi connectivity index (χ1v) is 5.85. The highest BCUT2D eigenvalue weighted by atomic mass is 32.2. The van der Waals surface area contributed by atoms with Crippen LogP contribution < -0.4 is 5.73 Å². The molecule has 0 saturated carbocycles. The van der Waals surface area contributed by atoms with Crippen molar-refractivity contribution in [2.75, 3.05) is 25.4 Å². The van der Waals surface area contributed by atoms with Crippen molar-refractivity contribution in [3.05, 3.63) is 0 Å². The summed E-state index contributed by atoms with van der Waals surface area (Å²) < 4.78 is 24.3. The van der Waals surface area contributed by atoms with Crippen LogP contribution in [0.25, 0.3) is 0 Å². The van der Waals surface area contributed by atoms with Gasteiger partial charge in [0.2, 0.25) is 10.0 Å². The Morgan fingerprint density at radius 2 is 2.25 bits per heavy atom. The Hall–Kier alpha value is -0.130. The molecule has 0 amide bonds. The summed E-state index contributed by atoms with van der Waals surface area (Å²) in [7, 11) is -2.97. The van der Waals surface area contributed by atoms with Gasteiger partial charge in [-0.3, -0.25) is 0 Å². The Morgan fingerprint density at radius 1 is 1.58 bits per heavy atom. The maximum atomic E-state index is 11.4. The minimum Gasteiger partial charge on any atom is -0.329 e. The van der Waals surface area contributed by atoms with E-state index in [9.17, 15) is 8.42 Å². The molecule has 0 spiro atoms. The fourth-order valence-corrected chi connectivity index (χ4v) is 3.23. The molecule has 4 nitrogen and oxygen atoms in total. The molecule has 1 rings (SSSR count). The Labute approximate surface area is 73.8 Å². The van der Waals surface area contributed by atoms with Gasteiger partial charge in [-0.15, -0.1) is 0 Å². The summed E-state index contributed by atoms with van der Waals surface area (Å²) in [5, 5.41) is 0. The quantitative estimate of drug-likeness (QED) is 0.648. The van der Waals surface area contributed by atoms with Crippen molar-refractivity contribution in [1.29, 1.82) is 0 Å². The summed E-state index contributed by atoms with van der Waals surface area (Å²) in [6, 6.07) is 0. The SMILES string of the molecule is CC1CCS(=O)(=O)N(CCN)C1. The van der Waals surface area contributed by atoms with Crippen LogP contribution in [0.5, 0.6) is 0 Å². The van der Waals surface area contributed by atoms with Crippen molar-refractivity contribution in [2.45, 2.75) is 13.3 Å². The highest BCUT2D eigenvalue weighted by molar-refractivity contribution is 7.89. The summed E-state index contributed by atoms with van der Waals surface area (Å²) >= 11 is 0. The zero-order valence-electron chi connectivity index (χ0n) is 7.36. The van der Waals surface area contributed by atoms with Crippen LogP contribution in [0.4, 0.5) is 0 Å². The molecule has 0 aliphatic carbocycles. The van der Waals surface area contributed by atoms with Gasteiger partial charge in [0.1, 0.15) is 0 Å². The minimum atomic E-state index is -2.97. The molecule has 72 valence electrons. The lowest BCUT2D eigenvalue weighted by Crippen LogP contribution is -2.43. The van der Waals surface area contributed by atoms with Gasteiger partial charge in [0.05, 0.1) is 5.75 Å². The fraction of sp³-hybridized carbons (Fsp3) is 1.00. The van der Waals surface area contributed by atoms with Crippen molar-refractivity contribution < 1.29 is 8.42 Å². The normalized spacial score (nSPS) is 30.3. The third-order valence-corrected chi connectivity index (χ3v) is 4.03. The van der Waals surface area contributed by atoms with Gasteiger partial charge < -0.3 is 5.73 Å². The van der Waals surface area contributed by atoms with Crippen LogP contribution >= 0.6 is 0 Å². The van der Waals surface area contributed by atoms with E-state index in [4.69, 9.17) is 5.73 Å². The summed E-state index contributed by atoms with van der Waals surface area (Å²) in [6.07, 6.45) is 0.781. The van der Waals surface area contributed by atoms with Crippen molar-refractivity contribution >= 4 is 10.0 Å². The second-order valence-corrected chi connectivity index (χ2v) is 5.45. The first kappa shape index (κ1) is 9.95. The lowest BCUT2D eigenvalue weighted by Gasteiger charge is -2.29.